The van der Waals surface area contributed by atoms with Gasteiger partial charge in [-0.1, -0.05) is 30.7 Å². The zero-order chi connectivity index (χ0) is 18.9. The topological polar surface area (TPSA) is 80.9 Å². The van der Waals surface area contributed by atoms with Crippen LogP contribution in [0.15, 0.2) is 17.3 Å². The molecule has 1 saturated heterocycles. The number of aryl methyl sites for hydroxylation is 1. The zero-order valence-corrected chi connectivity index (χ0v) is 16.7. The fraction of sp³-hybridized carbons (Fsp3) is 0.556. The van der Waals surface area contributed by atoms with Crippen molar-refractivity contribution in [2.45, 2.75) is 51.4 Å². The molecule has 0 atom stereocenters. The highest BCUT2D eigenvalue weighted by atomic mass is 28.3. The summed E-state index contributed by atoms with van der Waals surface area (Å²) in [5.41, 5.74) is 4.65. The Bertz CT molecular complexity index is 812. The minimum Gasteiger partial charge on any atom is -0.388 e. The minimum atomic E-state index is -1.44. The van der Waals surface area contributed by atoms with Crippen molar-refractivity contribution in [2.75, 3.05) is 18.0 Å². The summed E-state index contributed by atoms with van der Waals surface area (Å²) in [5.74, 6) is 3.64. The molecule has 26 heavy (non-hydrogen) atoms. The first-order valence-corrected chi connectivity index (χ1v) is 12.3. The van der Waals surface area contributed by atoms with Gasteiger partial charge in [0.2, 0.25) is 5.82 Å². The van der Waals surface area contributed by atoms with Gasteiger partial charge in [0.25, 0.3) is 0 Å². The highest BCUT2D eigenvalue weighted by Gasteiger charge is 2.42. The smallest absolute Gasteiger partial charge is 0.311 e. The van der Waals surface area contributed by atoms with Gasteiger partial charge in [-0.3, -0.25) is 10.1 Å². The number of hydrogen-bond acceptors (Lipinski definition) is 6. The Morgan fingerprint density at radius 3 is 2.62 bits per heavy atom. The van der Waals surface area contributed by atoms with Crippen LogP contribution in [0.3, 0.4) is 0 Å². The molecular formula is C18H24N4O3Si. The van der Waals surface area contributed by atoms with E-state index in [-0.39, 0.29) is 16.2 Å². The van der Waals surface area contributed by atoms with Crippen molar-refractivity contribution in [2.24, 2.45) is 5.16 Å². The number of rotatable bonds is 2. The molecule has 2 aliphatic rings. The van der Waals surface area contributed by atoms with Crippen molar-refractivity contribution in [3.63, 3.8) is 0 Å². The van der Waals surface area contributed by atoms with Crippen LogP contribution >= 0.6 is 0 Å². The van der Waals surface area contributed by atoms with Crippen LogP contribution in [0.25, 0.3) is 0 Å². The van der Waals surface area contributed by atoms with Gasteiger partial charge in [0.05, 0.1) is 4.92 Å². The van der Waals surface area contributed by atoms with E-state index in [0.29, 0.717) is 18.9 Å². The Morgan fingerprint density at radius 1 is 1.31 bits per heavy atom. The maximum Gasteiger partial charge on any atom is 0.311 e. The van der Waals surface area contributed by atoms with Crippen molar-refractivity contribution in [1.82, 2.24) is 4.98 Å². The van der Waals surface area contributed by atoms with Crippen LogP contribution in [0.2, 0.25) is 19.6 Å². The number of piperidine rings is 1. The largest absolute Gasteiger partial charge is 0.388 e. The Kier molecular flexibility index (Phi) is 4.75. The SMILES string of the molecule is Cc1ccc([N+](=O)[O-])c(N2CCC3(CC2)CC(C#C[Si](C)(C)C)=NO3)n1. The summed E-state index contributed by atoms with van der Waals surface area (Å²) in [7, 11) is -1.44. The Hall–Kier alpha value is -2.40. The first-order valence-electron chi connectivity index (χ1n) is 8.83. The highest BCUT2D eigenvalue weighted by molar-refractivity contribution is 6.84. The summed E-state index contributed by atoms with van der Waals surface area (Å²) in [6.45, 7) is 9.75. The third kappa shape index (κ3) is 4.04. The molecule has 1 aromatic rings. The van der Waals surface area contributed by atoms with Gasteiger partial charge in [0.15, 0.2) is 0 Å². The molecule has 3 rings (SSSR count). The number of hydrogen-bond donors (Lipinski definition) is 0. The molecule has 0 aliphatic carbocycles. The van der Waals surface area contributed by atoms with Crippen molar-refractivity contribution in [3.05, 3.63) is 27.9 Å². The fourth-order valence-electron chi connectivity index (χ4n) is 3.15. The minimum absolute atomic E-state index is 0.0526. The molecule has 1 fully saturated rings. The Balaban J connectivity index is 1.68. The number of pyridine rings is 1. The van der Waals surface area contributed by atoms with E-state index in [2.05, 4.69) is 41.2 Å². The molecule has 0 amide bonds. The molecular weight excluding hydrogens is 348 g/mol. The molecule has 138 valence electrons. The number of nitro groups is 1. The lowest BCUT2D eigenvalue weighted by molar-refractivity contribution is -0.384. The quantitative estimate of drug-likeness (QED) is 0.344. The molecule has 3 heterocycles. The normalized spacial score (nSPS) is 18.8. The summed E-state index contributed by atoms with van der Waals surface area (Å²) in [6, 6.07) is 3.20. The van der Waals surface area contributed by atoms with Gasteiger partial charge in [-0.25, -0.2) is 4.98 Å². The van der Waals surface area contributed by atoms with Crippen LogP contribution < -0.4 is 4.90 Å². The number of oxime groups is 1. The van der Waals surface area contributed by atoms with Gasteiger partial charge in [-0.2, -0.15) is 0 Å². The molecule has 8 heteroatoms. The summed E-state index contributed by atoms with van der Waals surface area (Å²) in [5, 5.41) is 15.5. The predicted octanol–water partition coefficient (Wildman–Crippen LogP) is 3.29. The third-order valence-corrected chi connectivity index (χ3v) is 5.46. The van der Waals surface area contributed by atoms with E-state index in [4.69, 9.17) is 4.84 Å². The van der Waals surface area contributed by atoms with Crippen LogP contribution in [0, 0.1) is 28.5 Å². The number of nitrogens with zero attached hydrogens (tertiary/aromatic N) is 4. The Labute approximate surface area is 154 Å². The maximum atomic E-state index is 11.3. The summed E-state index contributed by atoms with van der Waals surface area (Å²) in [6.07, 6.45) is 2.23. The second-order valence-corrected chi connectivity index (χ2v) is 12.8. The molecule has 7 nitrogen and oxygen atoms in total. The van der Waals surface area contributed by atoms with Crippen LogP contribution in [0.5, 0.6) is 0 Å². The second-order valence-electron chi connectivity index (χ2n) is 8.03. The lowest BCUT2D eigenvalue weighted by Crippen LogP contribution is -2.45. The third-order valence-electron chi connectivity index (χ3n) is 4.59. The van der Waals surface area contributed by atoms with Crippen LogP contribution in [-0.4, -0.2) is 42.4 Å². The maximum absolute atomic E-state index is 11.3. The molecule has 0 N–H and O–H groups in total. The fourth-order valence-corrected chi connectivity index (χ4v) is 3.67. The first kappa shape index (κ1) is 18.4. The van der Waals surface area contributed by atoms with Crippen molar-refractivity contribution in [3.8, 4) is 11.5 Å². The van der Waals surface area contributed by atoms with Crippen molar-refractivity contribution in [1.29, 1.82) is 0 Å². The molecule has 0 radical (unpaired) electrons. The van der Waals surface area contributed by atoms with E-state index in [1.165, 1.54) is 6.07 Å². The van der Waals surface area contributed by atoms with Crippen LogP contribution in [-0.2, 0) is 4.84 Å². The van der Waals surface area contributed by atoms with E-state index in [1.807, 2.05) is 11.8 Å². The average molecular weight is 373 g/mol. The van der Waals surface area contributed by atoms with Crippen molar-refractivity contribution >= 4 is 25.3 Å². The van der Waals surface area contributed by atoms with E-state index >= 15 is 0 Å². The molecule has 0 unspecified atom stereocenters. The monoisotopic (exact) mass is 372 g/mol. The van der Waals surface area contributed by atoms with Gasteiger partial charge in [0, 0.05) is 44.1 Å². The molecule has 2 aliphatic heterocycles. The van der Waals surface area contributed by atoms with Gasteiger partial charge in [-0.05, 0) is 13.0 Å². The second kappa shape index (κ2) is 6.72. The zero-order valence-electron chi connectivity index (χ0n) is 15.7. The summed E-state index contributed by atoms with van der Waals surface area (Å²) in [4.78, 5) is 23.1. The van der Waals surface area contributed by atoms with Gasteiger partial charge in [0.1, 0.15) is 19.4 Å². The molecule has 0 saturated carbocycles. The molecule has 0 aromatic carbocycles. The first-order chi connectivity index (χ1) is 12.2. The lowest BCUT2D eigenvalue weighted by atomic mass is 9.87. The van der Waals surface area contributed by atoms with Gasteiger partial charge in [-0.15, -0.1) is 5.54 Å². The molecule has 1 spiro atoms. The van der Waals surface area contributed by atoms with Gasteiger partial charge >= 0.3 is 5.69 Å². The van der Waals surface area contributed by atoms with Gasteiger partial charge < -0.3 is 9.74 Å². The summed E-state index contributed by atoms with van der Waals surface area (Å²) < 4.78 is 0. The number of aromatic nitrogens is 1. The lowest BCUT2D eigenvalue weighted by Gasteiger charge is -2.37. The van der Waals surface area contributed by atoms with E-state index in [0.717, 1.165) is 30.7 Å². The highest BCUT2D eigenvalue weighted by Crippen LogP contribution is 2.37. The standard InChI is InChI=1S/C18H24N4O3Si/c1-14-5-6-16(22(23)24)17(19-14)21-10-8-18(9-11-21)13-15(20-25-18)7-12-26(2,3)4/h5-6H,8-11,13H2,1-4H3. The predicted molar refractivity (Wildman–Crippen MR) is 104 cm³/mol. The van der Waals surface area contributed by atoms with E-state index < -0.39 is 8.07 Å². The number of anilines is 1. The van der Waals surface area contributed by atoms with Crippen molar-refractivity contribution < 1.29 is 9.76 Å². The summed E-state index contributed by atoms with van der Waals surface area (Å²) >= 11 is 0. The van der Waals surface area contributed by atoms with Crippen LogP contribution in [0.1, 0.15) is 25.0 Å². The van der Waals surface area contributed by atoms with E-state index in [1.54, 1.807) is 6.07 Å². The Morgan fingerprint density at radius 2 is 2.00 bits per heavy atom. The average Bonchev–Trinajstić information content (AvgIpc) is 2.96. The molecule has 1 aromatic heterocycles. The van der Waals surface area contributed by atoms with E-state index in [9.17, 15) is 10.1 Å². The molecule has 0 bridgehead atoms. The van der Waals surface area contributed by atoms with Crippen LogP contribution in [0.4, 0.5) is 11.5 Å².